The van der Waals surface area contributed by atoms with Crippen LogP contribution < -0.4 is 16.2 Å². The Hall–Kier alpha value is -3.42. The minimum absolute atomic E-state index is 0.0490. The van der Waals surface area contributed by atoms with Crippen LogP contribution in [0.5, 0.6) is 0 Å². The molecule has 0 bridgehead atoms. The molecule has 0 aliphatic heterocycles. The summed E-state index contributed by atoms with van der Waals surface area (Å²) in [6.07, 6.45) is 1.63. The molecule has 1 aliphatic carbocycles. The number of nitrogens with one attached hydrogen (secondary N) is 3. The van der Waals surface area contributed by atoms with Crippen molar-refractivity contribution < 1.29 is 14.5 Å². The van der Waals surface area contributed by atoms with Crippen molar-refractivity contribution in [1.29, 1.82) is 0 Å². The van der Waals surface area contributed by atoms with Crippen molar-refractivity contribution in [2.45, 2.75) is 12.8 Å². The molecule has 0 spiro atoms. The number of rotatable bonds is 5. The van der Waals surface area contributed by atoms with Gasteiger partial charge in [0, 0.05) is 23.2 Å². The van der Waals surface area contributed by atoms with E-state index in [1.54, 1.807) is 24.3 Å². The molecule has 1 saturated carbocycles. The molecule has 0 unspecified atom stereocenters. The summed E-state index contributed by atoms with van der Waals surface area (Å²) in [5.74, 6) is -0.902. The average Bonchev–Trinajstić information content (AvgIpc) is 3.45. The van der Waals surface area contributed by atoms with Crippen molar-refractivity contribution in [1.82, 2.24) is 10.9 Å². The summed E-state index contributed by atoms with van der Waals surface area (Å²) in [6, 6.07) is 13.1. The fourth-order valence-corrected chi connectivity index (χ4v) is 2.24. The van der Waals surface area contributed by atoms with Gasteiger partial charge in [0.25, 0.3) is 11.6 Å². The molecule has 3 rings (SSSR count). The summed E-state index contributed by atoms with van der Waals surface area (Å²) in [5, 5.41) is 14.3. The van der Waals surface area contributed by atoms with E-state index in [2.05, 4.69) is 16.2 Å². The molecule has 0 aromatic heterocycles. The van der Waals surface area contributed by atoms with Gasteiger partial charge in [0.05, 0.1) is 4.92 Å². The third kappa shape index (κ3) is 4.11. The highest BCUT2D eigenvalue weighted by Gasteiger charge is 2.30. The Morgan fingerprint density at radius 3 is 2.40 bits per heavy atom. The molecule has 0 saturated heterocycles. The summed E-state index contributed by atoms with van der Waals surface area (Å²) in [4.78, 5) is 34.3. The molecule has 0 atom stereocenters. The second-order valence-electron chi connectivity index (χ2n) is 5.70. The van der Waals surface area contributed by atoms with Gasteiger partial charge in [0.15, 0.2) is 0 Å². The maximum absolute atomic E-state index is 12.1. The Bertz CT molecular complexity index is 819. The largest absolute Gasteiger partial charge is 0.350 e. The molecule has 0 radical (unpaired) electrons. The first-order valence-electron chi connectivity index (χ1n) is 7.75. The predicted octanol–water partition coefficient (Wildman–Crippen LogP) is 2.51. The Labute approximate surface area is 143 Å². The van der Waals surface area contributed by atoms with E-state index in [4.69, 9.17) is 0 Å². The quantitative estimate of drug-likeness (QED) is 0.572. The van der Waals surface area contributed by atoms with Crippen molar-refractivity contribution >= 4 is 28.9 Å². The monoisotopic (exact) mass is 340 g/mol. The van der Waals surface area contributed by atoms with Gasteiger partial charge in [-0.1, -0.05) is 18.2 Å². The van der Waals surface area contributed by atoms with Crippen molar-refractivity contribution in [3.05, 3.63) is 64.2 Å². The van der Waals surface area contributed by atoms with Crippen LogP contribution in [0.1, 0.15) is 23.2 Å². The predicted molar refractivity (Wildman–Crippen MR) is 91.2 cm³/mol. The first kappa shape index (κ1) is 16.4. The van der Waals surface area contributed by atoms with Crippen molar-refractivity contribution in [2.24, 2.45) is 5.92 Å². The SMILES string of the molecule is O=C(NNC(=O)C1CC1)c1ccc(Nc2ccccc2)c([N+](=O)[O-])c1. The summed E-state index contributed by atoms with van der Waals surface area (Å²) in [6.45, 7) is 0. The molecule has 25 heavy (non-hydrogen) atoms. The lowest BCUT2D eigenvalue weighted by Gasteiger charge is -2.10. The topological polar surface area (TPSA) is 113 Å². The van der Waals surface area contributed by atoms with Crippen molar-refractivity contribution in [3.63, 3.8) is 0 Å². The number of benzene rings is 2. The van der Waals surface area contributed by atoms with Crippen LogP contribution in [0.3, 0.4) is 0 Å². The molecular weight excluding hydrogens is 324 g/mol. The number of nitro benzene ring substituents is 1. The number of anilines is 2. The summed E-state index contributed by atoms with van der Waals surface area (Å²) in [7, 11) is 0. The molecule has 1 aliphatic rings. The second kappa shape index (κ2) is 7.00. The smallest absolute Gasteiger partial charge is 0.293 e. The van der Waals surface area contributed by atoms with E-state index in [1.807, 2.05) is 6.07 Å². The molecular formula is C17H16N4O4. The number of carbonyl (C=O) groups is 2. The van der Waals surface area contributed by atoms with Gasteiger partial charge in [-0.05, 0) is 37.1 Å². The van der Waals surface area contributed by atoms with Gasteiger partial charge in [0.1, 0.15) is 5.69 Å². The molecule has 8 heteroatoms. The minimum Gasteiger partial charge on any atom is -0.350 e. The highest BCUT2D eigenvalue weighted by molar-refractivity contribution is 5.97. The number of hydrogen-bond acceptors (Lipinski definition) is 5. The summed E-state index contributed by atoms with van der Waals surface area (Å²) < 4.78 is 0. The van der Waals surface area contributed by atoms with Crippen LogP contribution in [0.2, 0.25) is 0 Å². The zero-order chi connectivity index (χ0) is 17.8. The Morgan fingerprint density at radius 2 is 1.76 bits per heavy atom. The van der Waals surface area contributed by atoms with Crippen LogP contribution in [0.4, 0.5) is 17.1 Å². The zero-order valence-electron chi connectivity index (χ0n) is 13.2. The molecule has 3 N–H and O–H groups in total. The van der Waals surface area contributed by atoms with Gasteiger partial charge < -0.3 is 5.32 Å². The third-order valence-corrected chi connectivity index (χ3v) is 3.76. The first-order valence-corrected chi connectivity index (χ1v) is 7.75. The van der Waals surface area contributed by atoms with Crippen LogP contribution in [-0.4, -0.2) is 16.7 Å². The molecule has 2 aromatic rings. The average molecular weight is 340 g/mol. The molecule has 2 aromatic carbocycles. The number of hydrogen-bond donors (Lipinski definition) is 3. The minimum atomic E-state index is -0.608. The van der Waals surface area contributed by atoms with Gasteiger partial charge in [-0.3, -0.25) is 30.6 Å². The number of nitro groups is 1. The van der Waals surface area contributed by atoms with Gasteiger partial charge in [0.2, 0.25) is 5.91 Å². The normalized spacial score (nSPS) is 13.0. The Balaban J connectivity index is 1.75. The Kier molecular flexibility index (Phi) is 4.60. The third-order valence-electron chi connectivity index (χ3n) is 3.76. The van der Waals surface area contributed by atoms with Crippen LogP contribution in [0.25, 0.3) is 0 Å². The van der Waals surface area contributed by atoms with E-state index in [1.165, 1.54) is 18.2 Å². The van der Waals surface area contributed by atoms with E-state index in [9.17, 15) is 19.7 Å². The van der Waals surface area contributed by atoms with E-state index < -0.39 is 10.8 Å². The zero-order valence-corrected chi connectivity index (χ0v) is 13.2. The number of amides is 2. The number of nitrogens with zero attached hydrogens (tertiary/aromatic N) is 1. The molecule has 128 valence electrons. The van der Waals surface area contributed by atoms with Gasteiger partial charge >= 0.3 is 0 Å². The van der Waals surface area contributed by atoms with Gasteiger partial charge in [-0.15, -0.1) is 0 Å². The fourth-order valence-electron chi connectivity index (χ4n) is 2.24. The van der Waals surface area contributed by atoms with Crippen molar-refractivity contribution in [2.75, 3.05) is 5.32 Å². The molecule has 0 heterocycles. The van der Waals surface area contributed by atoms with Crippen LogP contribution >= 0.6 is 0 Å². The maximum Gasteiger partial charge on any atom is 0.293 e. The number of hydrazine groups is 1. The second-order valence-corrected chi connectivity index (χ2v) is 5.70. The van der Waals surface area contributed by atoms with E-state index in [-0.39, 0.29) is 28.8 Å². The fraction of sp³-hybridized carbons (Fsp3) is 0.176. The standard InChI is InChI=1S/C17H16N4O4/c22-16(11-6-7-11)19-20-17(23)12-8-9-14(15(10-12)21(24)25)18-13-4-2-1-3-5-13/h1-5,8-11,18H,6-7H2,(H,19,22)(H,20,23). The van der Waals surface area contributed by atoms with Crippen LogP contribution in [0, 0.1) is 16.0 Å². The molecule has 1 fully saturated rings. The van der Waals surface area contributed by atoms with Crippen LogP contribution in [-0.2, 0) is 4.79 Å². The maximum atomic E-state index is 12.1. The lowest BCUT2D eigenvalue weighted by Crippen LogP contribution is -2.42. The molecule has 8 nitrogen and oxygen atoms in total. The number of carbonyl (C=O) groups excluding carboxylic acids is 2. The van der Waals surface area contributed by atoms with E-state index in [0.717, 1.165) is 12.8 Å². The van der Waals surface area contributed by atoms with Gasteiger partial charge in [-0.2, -0.15) is 0 Å². The summed E-state index contributed by atoms with van der Waals surface area (Å²) in [5.41, 5.74) is 5.42. The van der Waals surface area contributed by atoms with Crippen LogP contribution in [0.15, 0.2) is 48.5 Å². The Morgan fingerprint density at radius 1 is 1.04 bits per heavy atom. The number of para-hydroxylation sites is 1. The highest BCUT2D eigenvalue weighted by Crippen LogP contribution is 2.29. The van der Waals surface area contributed by atoms with Gasteiger partial charge in [-0.25, -0.2) is 0 Å². The van der Waals surface area contributed by atoms with Crippen molar-refractivity contribution in [3.8, 4) is 0 Å². The lowest BCUT2D eigenvalue weighted by molar-refractivity contribution is -0.383. The van der Waals surface area contributed by atoms with E-state index >= 15 is 0 Å². The lowest BCUT2D eigenvalue weighted by atomic mass is 10.1. The van der Waals surface area contributed by atoms with E-state index in [0.29, 0.717) is 5.69 Å². The first-order chi connectivity index (χ1) is 12.0. The molecule has 2 amide bonds. The summed E-state index contributed by atoms with van der Waals surface area (Å²) >= 11 is 0. The highest BCUT2D eigenvalue weighted by atomic mass is 16.6.